The first kappa shape index (κ1) is 15.6. The summed E-state index contributed by atoms with van der Waals surface area (Å²) in [6.45, 7) is 2.34. The highest BCUT2D eigenvalue weighted by molar-refractivity contribution is 6.31. The Morgan fingerprint density at radius 2 is 2.10 bits per heavy atom. The van der Waals surface area contributed by atoms with E-state index in [9.17, 15) is 14.7 Å². The van der Waals surface area contributed by atoms with Crippen molar-refractivity contribution in [3.63, 3.8) is 0 Å². The summed E-state index contributed by atoms with van der Waals surface area (Å²) in [5.41, 5.74) is -0.329. The first-order valence-corrected chi connectivity index (χ1v) is 7.35. The van der Waals surface area contributed by atoms with Crippen molar-refractivity contribution < 1.29 is 14.7 Å². The first-order valence-electron chi connectivity index (χ1n) is 6.97. The fourth-order valence-electron chi connectivity index (χ4n) is 2.58. The second-order valence-electron chi connectivity index (χ2n) is 5.44. The molecule has 0 bridgehead atoms. The van der Waals surface area contributed by atoms with E-state index in [1.807, 2.05) is 18.2 Å². The van der Waals surface area contributed by atoms with Crippen LogP contribution in [0.25, 0.3) is 0 Å². The largest absolute Gasteiger partial charge is 0.480 e. The SMILES string of the molecule is CC1(C(=O)O)CCCCN1C(=O)NCc1ccccc1Cl. The van der Waals surface area contributed by atoms with Crippen LogP contribution in [0.1, 0.15) is 31.7 Å². The molecule has 1 unspecified atom stereocenters. The maximum Gasteiger partial charge on any atom is 0.329 e. The van der Waals surface area contributed by atoms with Crippen molar-refractivity contribution in [1.29, 1.82) is 0 Å². The molecule has 1 aliphatic rings. The number of urea groups is 1. The minimum absolute atomic E-state index is 0.282. The molecule has 1 aliphatic heterocycles. The van der Waals surface area contributed by atoms with Crippen LogP contribution in [0.15, 0.2) is 24.3 Å². The molecule has 5 nitrogen and oxygen atoms in total. The monoisotopic (exact) mass is 310 g/mol. The number of benzene rings is 1. The lowest BCUT2D eigenvalue weighted by atomic mass is 9.89. The highest BCUT2D eigenvalue weighted by atomic mass is 35.5. The fourth-order valence-corrected chi connectivity index (χ4v) is 2.78. The van der Waals surface area contributed by atoms with E-state index in [-0.39, 0.29) is 12.6 Å². The number of likely N-dealkylation sites (tertiary alicyclic amines) is 1. The number of piperidine rings is 1. The molecular weight excluding hydrogens is 292 g/mol. The van der Waals surface area contributed by atoms with Crippen LogP contribution in [-0.4, -0.2) is 34.1 Å². The molecule has 0 aromatic heterocycles. The van der Waals surface area contributed by atoms with Gasteiger partial charge in [0.2, 0.25) is 0 Å². The van der Waals surface area contributed by atoms with Crippen LogP contribution < -0.4 is 5.32 Å². The lowest BCUT2D eigenvalue weighted by Crippen LogP contribution is -2.59. The zero-order valence-electron chi connectivity index (χ0n) is 11.9. The highest BCUT2D eigenvalue weighted by Crippen LogP contribution is 2.28. The van der Waals surface area contributed by atoms with Gasteiger partial charge in [0.25, 0.3) is 0 Å². The second-order valence-corrected chi connectivity index (χ2v) is 5.85. The molecule has 2 rings (SSSR count). The Balaban J connectivity index is 2.05. The molecular formula is C15H19ClN2O3. The third-order valence-corrected chi connectivity index (χ3v) is 4.35. The van der Waals surface area contributed by atoms with E-state index < -0.39 is 11.5 Å². The van der Waals surface area contributed by atoms with Gasteiger partial charge in [0.15, 0.2) is 0 Å². The molecule has 1 aromatic carbocycles. The lowest BCUT2D eigenvalue weighted by Gasteiger charge is -2.41. The average molecular weight is 311 g/mol. The molecule has 0 saturated carbocycles. The van der Waals surface area contributed by atoms with Crippen LogP contribution in [0.5, 0.6) is 0 Å². The quantitative estimate of drug-likeness (QED) is 0.902. The van der Waals surface area contributed by atoms with Crippen molar-refractivity contribution in [2.75, 3.05) is 6.54 Å². The molecule has 2 N–H and O–H groups in total. The summed E-state index contributed by atoms with van der Waals surface area (Å²) in [7, 11) is 0. The first-order chi connectivity index (χ1) is 9.95. The molecule has 6 heteroatoms. The van der Waals surface area contributed by atoms with E-state index in [0.717, 1.165) is 18.4 Å². The highest BCUT2D eigenvalue weighted by Gasteiger charge is 2.43. The molecule has 0 aliphatic carbocycles. The number of carboxylic acid groups (broad SMARTS) is 1. The molecule has 1 saturated heterocycles. The normalized spacial score (nSPS) is 21.9. The molecule has 0 radical (unpaired) electrons. The van der Waals surface area contributed by atoms with Gasteiger partial charge in [-0.2, -0.15) is 0 Å². The smallest absolute Gasteiger partial charge is 0.329 e. The summed E-state index contributed by atoms with van der Waals surface area (Å²) in [5, 5.41) is 12.7. The number of carboxylic acids is 1. The van der Waals surface area contributed by atoms with Gasteiger partial charge < -0.3 is 15.3 Å². The van der Waals surface area contributed by atoms with Gasteiger partial charge in [0.05, 0.1) is 0 Å². The summed E-state index contributed by atoms with van der Waals surface area (Å²) in [4.78, 5) is 25.2. The van der Waals surface area contributed by atoms with Crippen LogP contribution in [0.3, 0.4) is 0 Å². The summed E-state index contributed by atoms with van der Waals surface area (Å²) in [6.07, 6.45) is 2.11. The third-order valence-electron chi connectivity index (χ3n) is 3.98. The summed E-state index contributed by atoms with van der Waals surface area (Å²) in [5.74, 6) is -0.963. The Hall–Kier alpha value is -1.75. The number of hydrogen-bond acceptors (Lipinski definition) is 2. The zero-order chi connectivity index (χ0) is 15.5. The minimum Gasteiger partial charge on any atom is -0.480 e. The molecule has 1 atom stereocenters. The average Bonchev–Trinajstić information content (AvgIpc) is 2.46. The van der Waals surface area contributed by atoms with Crippen LogP contribution in [0.2, 0.25) is 5.02 Å². The standard InChI is InChI=1S/C15H19ClN2O3/c1-15(13(19)20)8-4-5-9-18(15)14(21)17-10-11-6-2-3-7-12(11)16/h2-3,6-7H,4-5,8-10H2,1H3,(H,17,21)(H,19,20). The van der Waals surface area contributed by atoms with Gasteiger partial charge in [-0.15, -0.1) is 0 Å². The second kappa shape index (κ2) is 6.35. The summed E-state index contributed by atoms with van der Waals surface area (Å²) >= 11 is 6.04. The number of carbonyl (C=O) groups is 2. The van der Waals surface area contributed by atoms with E-state index in [1.165, 1.54) is 4.90 Å². The molecule has 2 amide bonds. The van der Waals surface area contributed by atoms with Gasteiger partial charge in [-0.3, -0.25) is 0 Å². The Bertz CT molecular complexity index is 549. The Morgan fingerprint density at radius 3 is 2.76 bits per heavy atom. The molecule has 1 heterocycles. The number of amides is 2. The maximum atomic E-state index is 12.3. The zero-order valence-corrected chi connectivity index (χ0v) is 12.7. The molecule has 1 aromatic rings. The van der Waals surface area contributed by atoms with Gasteiger partial charge >= 0.3 is 12.0 Å². The van der Waals surface area contributed by atoms with E-state index in [1.54, 1.807) is 13.0 Å². The van der Waals surface area contributed by atoms with Crippen molar-refractivity contribution >= 4 is 23.6 Å². The number of nitrogens with one attached hydrogen (secondary N) is 1. The summed E-state index contributed by atoms with van der Waals surface area (Å²) in [6, 6.07) is 6.88. The van der Waals surface area contributed by atoms with Crippen LogP contribution in [-0.2, 0) is 11.3 Å². The molecule has 0 spiro atoms. The van der Waals surface area contributed by atoms with Crippen molar-refractivity contribution in [3.05, 3.63) is 34.9 Å². The predicted octanol–water partition coefficient (Wildman–Crippen LogP) is 2.88. The minimum atomic E-state index is -1.14. The van der Waals surface area contributed by atoms with Gasteiger partial charge in [0.1, 0.15) is 5.54 Å². The van der Waals surface area contributed by atoms with E-state index >= 15 is 0 Å². The Kier molecular flexibility index (Phi) is 4.73. The fraction of sp³-hybridized carbons (Fsp3) is 0.467. The van der Waals surface area contributed by atoms with Crippen molar-refractivity contribution in [2.24, 2.45) is 0 Å². The Labute approximate surface area is 128 Å². The van der Waals surface area contributed by atoms with Crippen LogP contribution in [0, 0.1) is 0 Å². The topological polar surface area (TPSA) is 69.6 Å². The number of hydrogen-bond donors (Lipinski definition) is 2. The van der Waals surface area contributed by atoms with Crippen LogP contribution >= 0.6 is 11.6 Å². The van der Waals surface area contributed by atoms with Gasteiger partial charge in [-0.25, -0.2) is 9.59 Å². The Morgan fingerprint density at radius 1 is 1.38 bits per heavy atom. The van der Waals surface area contributed by atoms with Crippen LogP contribution in [0.4, 0.5) is 4.79 Å². The van der Waals surface area contributed by atoms with Gasteiger partial charge in [-0.1, -0.05) is 29.8 Å². The van der Waals surface area contributed by atoms with Crippen molar-refractivity contribution in [3.8, 4) is 0 Å². The van der Waals surface area contributed by atoms with E-state index in [2.05, 4.69) is 5.32 Å². The van der Waals surface area contributed by atoms with Gasteiger partial charge in [-0.05, 0) is 37.8 Å². The molecule has 114 valence electrons. The number of carbonyl (C=O) groups excluding carboxylic acids is 1. The molecule has 1 fully saturated rings. The maximum absolute atomic E-state index is 12.3. The van der Waals surface area contributed by atoms with Gasteiger partial charge in [0, 0.05) is 18.1 Å². The molecule has 21 heavy (non-hydrogen) atoms. The number of nitrogens with zero attached hydrogens (tertiary/aromatic N) is 1. The number of halogens is 1. The number of aliphatic carboxylic acids is 1. The third kappa shape index (κ3) is 3.29. The number of rotatable bonds is 3. The summed E-state index contributed by atoms with van der Waals surface area (Å²) < 4.78 is 0. The van der Waals surface area contributed by atoms with E-state index in [4.69, 9.17) is 11.6 Å². The lowest BCUT2D eigenvalue weighted by molar-refractivity contribution is -0.150. The van der Waals surface area contributed by atoms with E-state index in [0.29, 0.717) is 18.0 Å². The predicted molar refractivity (Wildman–Crippen MR) is 80.3 cm³/mol. The van der Waals surface area contributed by atoms with Crippen molar-refractivity contribution in [1.82, 2.24) is 10.2 Å². The van der Waals surface area contributed by atoms with Crippen molar-refractivity contribution in [2.45, 2.75) is 38.3 Å².